The number of rotatable bonds is 3. The number of benzene rings is 2. The number of piperidine rings is 1. The number of aliphatic carboxylic acids is 3. The molecule has 0 saturated carbocycles. The number of carboxylic acid groups (broad SMARTS) is 3. The van der Waals surface area contributed by atoms with Gasteiger partial charge in [0, 0.05) is 32.7 Å². The Hall–Kier alpha value is -4.72. The third-order valence-electron chi connectivity index (χ3n) is 7.46. The number of likely N-dealkylation sites (tertiary alicyclic amines) is 1. The highest BCUT2D eigenvalue weighted by atomic mass is 19.4. The molecule has 3 heterocycles. The van der Waals surface area contributed by atoms with Gasteiger partial charge in [-0.2, -0.15) is 39.5 Å². The molecular formula is C30H30F10N4O6. The fourth-order valence-corrected chi connectivity index (χ4v) is 4.98. The van der Waals surface area contributed by atoms with E-state index in [2.05, 4.69) is 57.9 Å². The normalized spacial score (nSPS) is 16.0. The van der Waals surface area contributed by atoms with Crippen molar-refractivity contribution in [3.63, 3.8) is 0 Å². The summed E-state index contributed by atoms with van der Waals surface area (Å²) >= 11 is 0. The molecule has 0 unspecified atom stereocenters. The molecule has 0 atom stereocenters. The molecule has 2 aliphatic heterocycles. The molecule has 2 aromatic carbocycles. The van der Waals surface area contributed by atoms with Crippen molar-refractivity contribution >= 4 is 17.9 Å². The molecule has 1 spiro atoms. The first-order chi connectivity index (χ1) is 23.0. The summed E-state index contributed by atoms with van der Waals surface area (Å²) in [5.74, 6) is -7.23. The van der Waals surface area contributed by atoms with Crippen molar-refractivity contribution in [2.24, 2.45) is 0 Å². The van der Waals surface area contributed by atoms with Crippen LogP contribution in [0.15, 0.2) is 60.8 Å². The van der Waals surface area contributed by atoms with Gasteiger partial charge in [0.2, 0.25) is 0 Å². The highest BCUT2D eigenvalue weighted by Crippen LogP contribution is 2.41. The molecule has 5 rings (SSSR count). The number of hydrogen-bond donors (Lipinski definition) is 3. The van der Waals surface area contributed by atoms with Crippen LogP contribution in [0.4, 0.5) is 43.9 Å². The quantitative estimate of drug-likeness (QED) is 0.276. The smallest absolute Gasteiger partial charge is 0.475 e. The van der Waals surface area contributed by atoms with Crippen LogP contribution in [0.25, 0.3) is 11.3 Å². The lowest BCUT2D eigenvalue weighted by Gasteiger charge is -2.49. The predicted octanol–water partition coefficient (Wildman–Crippen LogP) is 6.03. The van der Waals surface area contributed by atoms with Crippen molar-refractivity contribution in [3.05, 3.63) is 78.0 Å². The van der Waals surface area contributed by atoms with Gasteiger partial charge in [-0.1, -0.05) is 42.5 Å². The molecule has 3 aromatic rings. The minimum atomic E-state index is -5.08. The Morgan fingerprint density at radius 3 is 1.58 bits per heavy atom. The summed E-state index contributed by atoms with van der Waals surface area (Å²) in [4.78, 5) is 36.6. The topological polar surface area (TPSA) is 136 Å². The maximum absolute atomic E-state index is 13.2. The van der Waals surface area contributed by atoms with E-state index in [-0.39, 0.29) is 11.4 Å². The molecule has 0 bridgehead atoms. The largest absolute Gasteiger partial charge is 0.490 e. The van der Waals surface area contributed by atoms with Crippen LogP contribution in [0.5, 0.6) is 0 Å². The monoisotopic (exact) mass is 732 g/mol. The van der Waals surface area contributed by atoms with E-state index in [1.54, 1.807) is 12.1 Å². The summed E-state index contributed by atoms with van der Waals surface area (Å²) in [5.41, 5.74) is 3.64. The van der Waals surface area contributed by atoms with Gasteiger partial charge in [-0.25, -0.2) is 23.8 Å². The molecule has 1 fully saturated rings. The first-order valence-corrected chi connectivity index (χ1v) is 14.2. The first kappa shape index (κ1) is 41.5. The molecule has 276 valence electrons. The number of likely N-dealkylation sites (N-methyl/N-ethyl adjacent to an activating group) is 1. The third kappa shape index (κ3) is 11.7. The zero-order chi connectivity index (χ0) is 38.1. The molecule has 20 heteroatoms. The maximum atomic E-state index is 13.2. The van der Waals surface area contributed by atoms with Crippen molar-refractivity contribution in [1.29, 1.82) is 0 Å². The van der Waals surface area contributed by atoms with Crippen molar-refractivity contribution < 1.29 is 73.6 Å². The lowest BCUT2D eigenvalue weighted by Crippen LogP contribution is -2.56. The fourth-order valence-electron chi connectivity index (χ4n) is 4.98. The Morgan fingerprint density at radius 1 is 0.720 bits per heavy atom. The summed E-state index contributed by atoms with van der Waals surface area (Å²) in [6.07, 6.45) is -11.1. The molecule has 50 heavy (non-hydrogen) atoms. The second-order valence-electron chi connectivity index (χ2n) is 10.7. The SMILES string of the molecule is CN1CCn2c(-c3ccccc3)cnc2C12CCN(Cc1ccc(F)cc1)CC2.O=C(O)C(F)(F)F.O=C(O)C(F)(F)F.O=C(O)C(F)(F)F. The number of fused-ring (bicyclic) bond motifs is 2. The van der Waals surface area contributed by atoms with Crippen molar-refractivity contribution in [3.8, 4) is 11.3 Å². The Bertz CT molecular complexity index is 1510. The van der Waals surface area contributed by atoms with Crippen LogP contribution in [0.3, 0.4) is 0 Å². The van der Waals surface area contributed by atoms with E-state index in [9.17, 15) is 43.9 Å². The average molecular weight is 733 g/mol. The highest BCUT2D eigenvalue weighted by molar-refractivity contribution is 5.73. The van der Waals surface area contributed by atoms with Gasteiger partial charge in [-0.15, -0.1) is 0 Å². The third-order valence-corrected chi connectivity index (χ3v) is 7.46. The second-order valence-corrected chi connectivity index (χ2v) is 10.7. The van der Waals surface area contributed by atoms with E-state index in [0.717, 1.165) is 45.6 Å². The second kappa shape index (κ2) is 16.8. The predicted molar refractivity (Wildman–Crippen MR) is 154 cm³/mol. The Kier molecular flexibility index (Phi) is 13.9. The number of halogens is 10. The molecule has 2 aliphatic rings. The zero-order valence-corrected chi connectivity index (χ0v) is 25.9. The number of imidazole rings is 1. The van der Waals surface area contributed by atoms with Crippen LogP contribution in [-0.4, -0.2) is 97.8 Å². The van der Waals surface area contributed by atoms with Gasteiger partial charge in [-0.3, -0.25) is 9.80 Å². The Labute approximate surface area is 277 Å². The molecule has 0 amide bonds. The van der Waals surface area contributed by atoms with E-state index >= 15 is 0 Å². The van der Waals surface area contributed by atoms with Crippen molar-refractivity contribution in [2.45, 2.75) is 50.0 Å². The van der Waals surface area contributed by atoms with Crippen LogP contribution in [0.2, 0.25) is 0 Å². The van der Waals surface area contributed by atoms with Crippen LogP contribution >= 0.6 is 0 Å². The Morgan fingerprint density at radius 2 is 1.16 bits per heavy atom. The maximum Gasteiger partial charge on any atom is 0.490 e. The van der Waals surface area contributed by atoms with Crippen molar-refractivity contribution in [1.82, 2.24) is 19.4 Å². The number of nitrogens with zero attached hydrogens (tertiary/aromatic N) is 4. The Balaban J connectivity index is 0.000000338. The van der Waals surface area contributed by atoms with Crippen LogP contribution < -0.4 is 0 Å². The number of carbonyl (C=O) groups is 3. The van der Waals surface area contributed by atoms with Gasteiger partial charge in [0.1, 0.15) is 11.6 Å². The summed E-state index contributed by atoms with van der Waals surface area (Å²) in [6, 6.07) is 17.5. The summed E-state index contributed by atoms with van der Waals surface area (Å²) in [5, 5.41) is 21.4. The summed E-state index contributed by atoms with van der Waals surface area (Å²) < 4.78 is 111. The molecule has 10 nitrogen and oxygen atoms in total. The molecule has 3 N–H and O–H groups in total. The molecule has 1 aromatic heterocycles. The number of aromatic nitrogens is 2. The minimum Gasteiger partial charge on any atom is -0.475 e. The van der Waals surface area contributed by atoms with E-state index in [0.29, 0.717) is 0 Å². The van der Waals surface area contributed by atoms with Crippen LogP contribution in [0, 0.1) is 5.82 Å². The number of alkyl halides is 9. The van der Waals surface area contributed by atoms with Gasteiger partial charge in [0.15, 0.2) is 0 Å². The number of hydrogen-bond acceptors (Lipinski definition) is 6. The molecule has 0 radical (unpaired) electrons. The zero-order valence-electron chi connectivity index (χ0n) is 25.9. The van der Waals surface area contributed by atoms with E-state index in [1.165, 1.54) is 22.6 Å². The lowest BCUT2D eigenvalue weighted by molar-refractivity contribution is -0.193. The van der Waals surface area contributed by atoms with Gasteiger partial charge in [-0.05, 0) is 43.1 Å². The van der Waals surface area contributed by atoms with Crippen molar-refractivity contribution in [2.75, 3.05) is 26.7 Å². The molecular weight excluding hydrogens is 702 g/mol. The standard InChI is InChI=1S/C24H27FN4.3C2HF3O2/c1-27-15-16-29-22(20-5-3-2-4-6-20)17-26-23(29)24(27)11-13-28(14-12-24)18-19-7-9-21(25)10-8-19;3*3-2(4,5)1(6)7/h2-10,17H,11-16,18H2,1H3;3*(H,6,7). The average Bonchev–Trinajstić information content (AvgIpc) is 3.46. The minimum absolute atomic E-state index is 0.00454. The van der Waals surface area contributed by atoms with Gasteiger partial charge >= 0.3 is 36.4 Å². The van der Waals surface area contributed by atoms with E-state index in [4.69, 9.17) is 34.7 Å². The fraction of sp³-hybridized carbons (Fsp3) is 0.400. The molecule has 1 saturated heterocycles. The van der Waals surface area contributed by atoms with E-state index < -0.39 is 36.4 Å². The van der Waals surface area contributed by atoms with Gasteiger partial charge in [0.05, 0.1) is 17.4 Å². The van der Waals surface area contributed by atoms with Crippen LogP contribution in [-0.2, 0) is 33.0 Å². The first-order valence-electron chi connectivity index (χ1n) is 14.2. The highest BCUT2D eigenvalue weighted by Gasteiger charge is 2.45. The summed E-state index contributed by atoms with van der Waals surface area (Å²) in [7, 11) is 2.25. The van der Waals surface area contributed by atoms with E-state index in [1.807, 2.05) is 12.1 Å². The summed E-state index contributed by atoms with van der Waals surface area (Å²) in [6.45, 7) is 4.95. The lowest BCUT2D eigenvalue weighted by atomic mass is 9.83. The molecule has 0 aliphatic carbocycles. The van der Waals surface area contributed by atoms with Gasteiger partial charge < -0.3 is 19.9 Å². The van der Waals surface area contributed by atoms with Gasteiger partial charge in [0.25, 0.3) is 0 Å². The van der Waals surface area contributed by atoms with Crippen LogP contribution in [0.1, 0.15) is 24.2 Å². The number of carboxylic acids is 3.